The average Bonchev–Trinajstić information content (AvgIpc) is 3.39. The molecule has 1 aliphatic heterocycles. The van der Waals surface area contributed by atoms with E-state index in [0.717, 1.165) is 29.0 Å². The molecule has 1 aromatic heterocycles. The fourth-order valence-electron chi connectivity index (χ4n) is 3.73. The quantitative estimate of drug-likeness (QED) is 0.675. The monoisotopic (exact) mass is 392 g/mol. The molecule has 1 saturated heterocycles. The minimum Gasteiger partial charge on any atom is -0.497 e. The van der Waals surface area contributed by atoms with Gasteiger partial charge in [0.05, 0.1) is 18.1 Å². The Balaban J connectivity index is 1.36. The van der Waals surface area contributed by atoms with E-state index in [1.165, 1.54) is 0 Å². The summed E-state index contributed by atoms with van der Waals surface area (Å²) in [6.07, 6.45) is 2.36. The number of hydrogen-bond acceptors (Lipinski definition) is 4. The molecule has 1 aliphatic rings. The molecule has 0 bridgehead atoms. The number of imidazole rings is 1. The van der Waals surface area contributed by atoms with Crippen LogP contribution in [-0.2, 0) is 16.0 Å². The van der Waals surface area contributed by atoms with Gasteiger partial charge < -0.3 is 19.9 Å². The largest absolute Gasteiger partial charge is 0.497 e. The van der Waals surface area contributed by atoms with Crippen molar-refractivity contribution in [3.8, 4) is 5.75 Å². The lowest BCUT2D eigenvalue weighted by Gasteiger charge is -2.24. The van der Waals surface area contributed by atoms with E-state index in [4.69, 9.17) is 4.74 Å². The van der Waals surface area contributed by atoms with Gasteiger partial charge in [-0.05, 0) is 49.2 Å². The number of hydrogen-bond donors (Lipinski definition) is 2. The van der Waals surface area contributed by atoms with Crippen LogP contribution in [-0.4, -0.2) is 46.4 Å². The lowest BCUT2D eigenvalue weighted by atomic mass is 10.2. The number of carbonyl (C=O) groups is 2. The van der Waals surface area contributed by atoms with E-state index < -0.39 is 6.04 Å². The summed E-state index contributed by atoms with van der Waals surface area (Å²) in [5.41, 5.74) is 2.55. The van der Waals surface area contributed by atoms with E-state index in [1.807, 2.05) is 24.3 Å². The van der Waals surface area contributed by atoms with Crippen molar-refractivity contribution in [1.82, 2.24) is 14.9 Å². The molecule has 2 amide bonds. The van der Waals surface area contributed by atoms with Crippen LogP contribution in [0.1, 0.15) is 25.1 Å². The summed E-state index contributed by atoms with van der Waals surface area (Å²) in [5, 5.41) is 2.90. The highest BCUT2D eigenvalue weighted by atomic mass is 16.5. The molecule has 1 unspecified atom stereocenters. The van der Waals surface area contributed by atoms with Crippen LogP contribution >= 0.6 is 0 Å². The molecule has 0 spiro atoms. The van der Waals surface area contributed by atoms with E-state index in [1.54, 1.807) is 36.3 Å². The molecule has 1 atom stereocenters. The Bertz CT molecular complexity index is 979. The first kappa shape index (κ1) is 19.0. The topological polar surface area (TPSA) is 87.3 Å². The maximum atomic E-state index is 12.8. The van der Waals surface area contributed by atoms with Crippen LogP contribution in [0.3, 0.4) is 0 Å². The highest BCUT2D eigenvalue weighted by Gasteiger charge is 2.33. The molecule has 1 fully saturated rings. The average molecular weight is 392 g/mol. The molecule has 0 saturated carbocycles. The number of nitrogens with one attached hydrogen (secondary N) is 2. The van der Waals surface area contributed by atoms with Gasteiger partial charge in [-0.2, -0.15) is 0 Å². The van der Waals surface area contributed by atoms with E-state index in [2.05, 4.69) is 15.3 Å². The van der Waals surface area contributed by atoms with Crippen molar-refractivity contribution in [2.45, 2.75) is 31.7 Å². The first-order chi connectivity index (χ1) is 14.1. The number of nitrogens with zero attached hydrogens (tertiary/aromatic N) is 2. The van der Waals surface area contributed by atoms with E-state index >= 15 is 0 Å². The van der Waals surface area contributed by atoms with E-state index in [9.17, 15) is 9.59 Å². The number of rotatable bonds is 6. The molecule has 0 radical (unpaired) electrons. The number of para-hydroxylation sites is 2. The normalized spacial score (nSPS) is 16.2. The van der Waals surface area contributed by atoms with E-state index in [-0.39, 0.29) is 11.8 Å². The standard InChI is InChI=1S/C22H24N4O3/c1-29-16-10-8-15(9-11-16)23-22(28)19-7-4-14-26(19)21(27)13-12-20-24-17-5-2-3-6-18(17)25-20/h2-3,5-6,8-11,19H,4,7,12-14H2,1H3,(H,23,28)(H,24,25). The maximum Gasteiger partial charge on any atom is 0.247 e. The van der Waals surface area contributed by atoms with Crippen molar-refractivity contribution in [2.24, 2.45) is 0 Å². The summed E-state index contributed by atoms with van der Waals surface area (Å²) in [6.45, 7) is 0.611. The fraction of sp³-hybridized carbons (Fsp3) is 0.318. The Labute approximate surface area is 169 Å². The molecule has 0 aliphatic carbocycles. The molecule has 2 aromatic carbocycles. The van der Waals surface area contributed by atoms with Crippen LogP contribution < -0.4 is 10.1 Å². The molecule has 2 heterocycles. The predicted octanol–water partition coefficient (Wildman–Crippen LogP) is 3.13. The number of benzene rings is 2. The van der Waals surface area contributed by atoms with Crippen molar-refractivity contribution in [2.75, 3.05) is 19.0 Å². The number of anilines is 1. The van der Waals surface area contributed by atoms with Gasteiger partial charge in [0.2, 0.25) is 11.8 Å². The number of amides is 2. The summed E-state index contributed by atoms with van der Waals surface area (Å²) in [5.74, 6) is 1.35. The zero-order chi connectivity index (χ0) is 20.2. The number of likely N-dealkylation sites (tertiary alicyclic amines) is 1. The van der Waals surface area contributed by atoms with Crippen molar-refractivity contribution in [3.05, 3.63) is 54.4 Å². The molecular weight excluding hydrogens is 368 g/mol. The van der Waals surface area contributed by atoms with Gasteiger partial charge in [0.25, 0.3) is 0 Å². The van der Waals surface area contributed by atoms with Crippen molar-refractivity contribution in [3.63, 3.8) is 0 Å². The van der Waals surface area contributed by atoms with Gasteiger partial charge >= 0.3 is 0 Å². The third-order valence-corrected chi connectivity index (χ3v) is 5.25. The molecular formula is C22H24N4O3. The van der Waals surface area contributed by atoms with Crippen LogP contribution in [0.15, 0.2) is 48.5 Å². The van der Waals surface area contributed by atoms with Gasteiger partial charge in [0.1, 0.15) is 17.6 Å². The Morgan fingerprint density at radius 1 is 1.21 bits per heavy atom. The third-order valence-electron chi connectivity index (χ3n) is 5.25. The molecule has 29 heavy (non-hydrogen) atoms. The summed E-state index contributed by atoms with van der Waals surface area (Å²) in [7, 11) is 1.60. The number of aryl methyl sites for hydroxylation is 1. The number of methoxy groups -OCH3 is 1. The second kappa shape index (κ2) is 8.34. The summed E-state index contributed by atoms with van der Waals surface area (Å²) in [4.78, 5) is 35.0. The minimum absolute atomic E-state index is 0.0159. The molecule has 7 heteroatoms. The van der Waals surface area contributed by atoms with E-state index in [0.29, 0.717) is 31.5 Å². The molecule has 2 N–H and O–H groups in total. The number of fused-ring (bicyclic) bond motifs is 1. The van der Waals surface area contributed by atoms with Gasteiger partial charge in [0.15, 0.2) is 0 Å². The highest BCUT2D eigenvalue weighted by molar-refractivity contribution is 5.97. The first-order valence-corrected chi connectivity index (χ1v) is 9.82. The summed E-state index contributed by atoms with van der Waals surface area (Å²) >= 11 is 0. The third kappa shape index (κ3) is 4.23. The van der Waals surface area contributed by atoms with Crippen LogP contribution in [0.25, 0.3) is 11.0 Å². The lowest BCUT2D eigenvalue weighted by molar-refractivity contribution is -0.136. The summed E-state index contributed by atoms with van der Waals surface area (Å²) in [6, 6.07) is 14.5. The first-order valence-electron chi connectivity index (χ1n) is 9.82. The SMILES string of the molecule is COc1ccc(NC(=O)C2CCCN2C(=O)CCc2nc3ccccc3[nH]2)cc1. The van der Waals surface area contributed by atoms with Crippen LogP contribution in [0.2, 0.25) is 0 Å². The van der Waals surface area contributed by atoms with Gasteiger partial charge in [0, 0.05) is 25.1 Å². The Kier molecular flexibility index (Phi) is 5.46. The van der Waals surface area contributed by atoms with Crippen molar-refractivity contribution >= 4 is 28.5 Å². The highest BCUT2D eigenvalue weighted by Crippen LogP contribution is 2.22. The van der Waals surface area contributed by atoms with Crippen LogP contribution in [0.5, 0.6) is 5.75 Å². The number of H-pyrrole nitrogens is 1. The zero-order valence-electron chi connectivity index (χ0n) is 16.4. The molecule has 3 aromatic rings. The predicted molar refractivity (Wildman–Crippen MR) is 111 cm³/mol. The Hall–Kier alpha value is -3.35. The Morgan fingerprint density at radius 3 is 2.76 bits per heavy atom. The molecule has 7 nitrogen and oxygen atoms in total. The summed E-state index contributed by atoms with van der Waals surface area (Å²) < 4.78 is 5.13. The fourth-order valence-corrected chi connectivity index (χ4v) is 3.73. The maximum absolute atomic E-state index is 12.8. The molecule has 4 rings (SSSR count). The van der Waals surface area contributed by atoms with Crippen LogP contribution in [0, 0.1) is 0 Å². The Morgan fingerprint density at radius 2 is 2.00 bits per heavy atom. The second-order valence-corrected chi connectivity index (χ2v) is 7.16. The molecule has 150 valence electrons. The number of aromatic nitrogens is 2. The van der Waals surface area contributed by atoms with Crippen molar-refractivity contribution in [1.29, 1.82) is 0 Å². The van der Waals surface area contributed by atoms with Gasteiger partial charge in [-0.15, -0.1) is 0 Å². The smallest absolute Gasteiger partial charge is 0.247 e. The number of ether oxygens (including phenoxy) is 1. The van der Waals surface area contributed by atoms with Crippen molar-refractivity contribution < 1.29 is 14.3 Å². The van der Waals surface area contributed by atoms with Gasteiger partial charge in [-0.1, -0.05) is 12.1 Å². The van der Waals surface area contributed by atoms with Crippen LogP contribution in [0.4, 0.5) is 5.69 Å². The van der Waals surface area contributed by atoms with Gasteiger partial charge in [-0.25, -0.2) is 4.98 Å². The lowest BCUT2D eigenvalue weighted by Crippen LogP contribution is -2.43. The zero-order valence-corrected chi connectivity index (χ0v) is 16.4. The minimum atomic E-state index is -0.430. The number of carbonyl (C=O) groups excluding carboxylic acids is 2. The number of aromatic amines is 1. The second-order valence-electron chi connectivity index (χ2n) is 7.16. The van der Waals surface area contributed by atoms with Gasteiger partial charge in [-0.3, -0.25) is 9.59 Å².